The predicted molar refractivity (Wildman–Crippen MR) is 116 cm³/mol. The molecule has 1 N–H and O–H groups in total. The van der Waals surface area contributed by atoms with Gasteiger partial charge in [-0.3, -0.25) is 9.36 Å². The highest BCUT2D eigenvalue weighted by molar-refractivity contribution is 5.95. The molecule has 0 radical (unpaired) electrons. The van der Waals surface area contributed by atoms with Gasteiger partial charge in [-0.25, -0.2) is 4.98 Å². The predicted octanol–water partition coefficient (Wildman–Crippen LogP) is 4.57. The van der Waals surface area contributed by atoms with Gasteiger partial charge in [0.1, 0.15) is 11.5 Å². The Balaban J connectivity index is 1.55. The summed E-state index contributed by atoms with van der Waals surface area (Å²) in [6.07, 6.45) is 13.3. The molecule has 3 heterocycles. The number of hydrogen-bond acceptors (Lipinski definition) is 5. The Hall–Kier alpha value is -3.48. The van der Waals surface area contributed by atoms with Gasteiger partial charge in [0, 0.05) is 28.8 Å². The lowest BCUT2D eigenvalue weighted by Gasteiger charge is -2.12. The second kappa shape index (κ2) is 7.40. The number of aromatic nitrogens is 4. The van der Waals surface area contributed by atoms with Crippen LogP contribution in [-0.2, 0) is 0 Å². The number of carbonyl (C=O) groups is 1. The number of hydrogen-bond donors (Lipinski definition) is 1. The monoisotopic (exact) mass is 403 g/mol. The molecule has 2 aromatic heterocycles. The third kappa shape index (κ3) is 4.10. The zero-order chi connectivity index (χ0) is 21.5. The van der Waals surface area contributed by atoms with Crippen molar-refractivity contribution in [3.05, 3.63) is 72.1 Å². The standard InChI is InChI=1S/C23H25N5O2/c1-14(2)17(12-15(3)20-26-22(30-27-20)16-6-7-16)25-21(29)18-13-24-19-8-9-23(4,5)10-11-28(18)19/h8-13,16H,1,3,6-7H2,2,4-5H3,(H,25,29)/b17-12+. The van der Waals surface area contributed by atoms with E-state index in [1.807, 2.05) is 25.3 Å². The second-order valence-electron chi connectivity index (χ2n) is 8.39. The van der Waals surface area contributed by atoms with Crippen molar-refractivity contribution in [2.24, 2.45) is 5.41 Å². The highest BCUT2D eigenvalue weighted by atomic mass is 16.5. The molecule has 30 heavy (non-hydrogen) atoms. The summed E-state index contributed by atoms with van der Waals surface area (Å²) in [5.41, 5.74) is 2.07. The van der Waals surface area contributed by atoms with Crippen LogP contribution in [0.4, 0.5) is 0 Å². The van der Waals surface area contributed by atoms with Crippen molar-refractivity contribution >= 4 is 23.8 Å². The molecule has 2 aliphatic rings. The van der Waals surface area contributed by atoms with E-state index < -0.39 is 0 Å². The van der Waals surface area contributed by atoms with Gasteiger partial charge in [-0.15, -0.1) is 0 Å². The number of carbonyl (C=O) groups excluding carboxylic acids is 1. The van der Waals surface area contributed by atoms with E-state index in [-0.39, 0.29) is 11.3 Å². The molecular weight excluding hydrogens is 378 g/mol. The highest BCUT2D eigenvalue weighted by Gasteiger charge is 2.29. The number of amides is 1. The first-order valence-electron chi connectivity index (χ1n) is 9.91. The van der Waals surface area contributed by atoms with Crippen molar-refractivity contribution in [1.82, 2.24) is 25.0 Å². The van der Waals surface area contributed by atoms with Crippen molar-refractivity contribution in [2.75, 3.05) is 0 Å². The maximum atomic E-state index is 13.0. The Kier molecular flexibility index (Phi) is 4.89. The Morgan fingerprint density at radius 3 is 2.80 bits per heavy atom. The summed E-state index contributed by atoms with van der Waals surface area (Å²) < 4.78 is 7.07. The quantitative estimate of drug-likeness (QED) is 0.714. The van der Waals surface area contributed by atoms with Crippen molar-refractivity contribution in [2.45, 2.75) is 39.5 Å². The average molecular weight is 403 g/mol. The maximum Gasteiger partial charge on any atom is 0.274 e. The summed E-state index contributed by atoms with van der Waals surface area (Å²) in [5, 5.41) is 6.91. The van der Waals surface area contributed by atoms with Crippen LogP contribution in [0.1, 0.15) is 67.6 Å². The molecule has 0 saturated heterocycles. The highest BCUT2D eigenvalue weighted by Crippen LogP contribution is 2.39. The van der Waals surface area contributed by atoms with Crippen LogP contribution in [0.3, 0.4) is 0 Å². The summed E-state index contributed by atoms with van der Waals surface area (Å²) in [4.78, 5) is 21.8. The van der Waals surface area contributed by atoms with E-state index in [1.165, 1.54) is 0 Å². The molecule has 7 nitrogen and oxygen atoms in total. The molecule has 0 unspecified atom stereocenters. The first-order chi connectivity index (χ1) is 14.2. The smallest absolute Gasteiger partial charge is 0.274 e. The summed E-state index contributed by atoms with van der Waals surface area (Å²) >= 11 is 0. The molecule has 1 aliphatic carbocycles. The summed E-state index contributed by atoms with van der Waals surface area (Å²) in [7, 11) is 0. The number of nitrogens with one attached hydrogen (secondary N) is 1. The van der Waals surface area contributed by atoms with Gasteiger partial charge < -0.3 is 9.84 Å². The summed E-state index contributed by atoms with van der Waals surface area (Å²) in [6.45, 7) is 14.0. The van der Waals surface area contributed by atoms with Crippen molar-refractivity contribution in [3.8, 4) is 0 Å². The number of rotatable bonds is 6. The van der Waals surface area contributed by atoms with Crippen LogP contribution in [-0.4, -0.2) is 25.6 Å². The van der Waals surface area contributed by atoms with Gasteiger partial charge in [-0.2, -0.15) is 4.98 Å². The molecule has 1 saturated carbocycles. The first kappa shape index (κ1) is 19.8. The fourth-order valence-electron chi connectivity index (χ4n) is 2.99. The Bertz CT molecular complexity index is 1120. The molecule has 1 amide bonds. The lowest BCUT2D eigenvalue weighted by atomic mass is 9.93. The van der Waals surface area contributed by atoms with Gasteiger partial charge in [0.05, 0.1) is 6.20 Å². The van der Waals surface area contributed by atoms with E-state index in [2.05, 4.69) is 53.5 Å². The van der Waals surface area contributed by atoms with Crippen molar-refractivity contribution in [1.29, 1.82) is 0 Å². The SMILES string of the molecule is C=C(C)/C(=C\C(=C)c1noc(C2CC2)n1)NC(=O)c1cnc2n1C=CC(C)(C)C=C2. The minimum atomic E-state index is -0.291. The molecule has 0 atom stereocenters. The van der Waals surface area contributed by atoms with Gasteiger partial charge in [0.25, 0.3) is 5.91 Å². The first-order valence-corrected chi connectivity index (χ1v) is 9.91. The zero-order valence-electron chi connectivity index (χ0n) is 17.5. The molecule has 1 aliphatic heterocycles. The molecule has 2 aromatic rings. The normalized spacial score (nSPS) is 17.4. The lowest BCUT2D eigenvalue weighted by Crippen LogP contribution is -2.25. The van der Waals surface area contributed by atoms with E-state index in [0.29, 0.717) is 46.0 Å². The largest absolute Gasteiger partial charge is 0.339 e. The van der Waals surface area contributed by atoms with Gasteiger partial charge >= 0.3 is 0 Å². The minimum absolute atomic E-state index is 0.112. The average Bonchev–Trinajstić information content (AvgIpc) is 3.31. The second-order valence-corrected chi connectivity index (χ2v) is 8.39. The van der Waals surface area contributed by atoms with E-state index in [0.717, 1.165) is 12.8 Å². The van der Waals surface area contributed by atoms with Gasteiger partial charge in [-0.1, -0.05) is 44.3 Å². The van der Waals surface area contributed by atoms with E-state index in [9.17, 15) is 4.79 Å². The van der Waals surface area contributed by atoms with Crippen LogP contribution >= 0.6 is 0 Å². The third-order valence-corrected chi connectivity index (χ3v) is 5.06. The van der Waals surface area contributed by atoms with Crippen molar-refractivity contribution in [3.63, 3.8) is 0 Å². The fraction of sp³-hybridized carbons (Fsp3) is 0.304. The van der Waals surface area contributed by atoms with E-state index >= 15 is 0 Å². The molecule has 4 rings (SSSR count). The number of allylic oxidation sites excluding steroid dienone is 5. The molecule has 1 fully saturated rings. The van der Waals surface area contributed by atoms with Crippen LogP contribution < -0.4 is 5.32 Å². The lowest BCUT2D eigenvalue weighted by molar-refractivity contribution is 0.0960. The van der Waals surface area contributed by atoms with Crippen LogP contribution in [0.25, 0.3) is 17.8 Å². The van der Waals surface area contributed by atoms with Crippen LogP contribution in [0.2, 0.25) is 0 Å². The van der Waals surface area contributed by atoms with E-state index in [4.69, 9.17) is 4.52 Å². The minimum Gasteiger partial charge on any atom is -0.339 e. The molecule has 0 spiro atoms. The molecule has 0 aromatic carbocycles. The number of fused-ring (bicyclic) bond motifs is 1. The van der Waals surface area contributed by atoms with Crippen LogP contribution in [0, 0.1) is 5.41 Å². The van der Waals surface area contributed by atoms with Crippen LogP contribution in [0.15, 0.2) is 53.4 Å². The Morgan fingerprint density at radius 2 is 2.10 bits per heavy atom. The maximum absolute atomic E-state index is 13.0. The zero-order valence-corrected chi connectivity index (χ0v) is 17.5. The number of nitrogens with zero attached hydrogens (tertiary/aromatic N) is 4. The van der Waals surface area contributed by atoms with Gasteiger partial charge in [-0.05, 0) is 37.5 Å². The fourth-order valence-corrected chi connectivity index (χ4v) is 2.99. The van der Waals surface area contributed by atoms with Gasteiger partial charge in [0.15, 0.2) is 0 Å². The third-order valence-electron chi connectivity index (χ3n) is 5.06. The molecular formula is C23H25N5O2. The molecule has 7 heteroatoms. The molecule has 154 valence electrons. The Morgan fingerprint density at radius 1 is 1.33 bits per heavy atom. The Labute approximate surface area is 175 Å². The number of imidazole rings is 1. The topological polar surface area (TPSA) is 85.8 Å². The van der Waals surface area contributed by atoms with Crippen LogP contribution in [0.5, 0.6) is 0 Å². The summed E-state index contributed by atoms with van der Waals surface area (Å²) in [5.74, 6) is 1.84. The van der Waals surface area contributed by atoms with E-state index in [1.54, 1.807) is 16.8 Å². The van der Waals surface area contributed by atoms with Gasteiger partial charge in [0.2, 0.25) is 11.7 Å². The summed E-state index contributed by atoms with van der Waals surface area (Å²) in [6, 6.07) is 0. The molecule has 0 bridgehead atoms. The van der Waals surface area contributed by atoms with Crippen molar-refractivity contribution < 1.29 is 9.32 Å².